The topological polar surface area (TPSA) is 142 Å². The third-order valence-electron chi connectivity index (χ3n) is 12.3. The van der Waals surface area contributed by atoms with Gasteiger partial charge in [0.15, 0.2) is 0 Å². The second kappa shape index (κ2) is 16.2. The first-order chi connectivity index (χ1) is 25.3. The van der Waals surface area contributed by atoms with Gasteiger partial charge in [-0.25, -0.2) is 0 Å². The number of ether oxygens (including phenoxy) is 1. The molecule has 9 atom stereocenters. The van der Waals surface area contributed by atoms with Gasteiger partial charge in [0.05, 0.1) is 25.9 Å². The molecule has 11 nitrogen and oxygen atoms in total. The number of hydrogen-bond donors (Lipinski definition) is 4. The summed E-state index contributed by atoms with van der Waals surface area (Å²) in [5, 5.41) is 19.2. The molecule has 2 aromatic carbocycles. The Morgan fingerprint density at radius 1 is 1.13 bits per heavy atom. The Bertz CT molecular complexity index is 1730. The number of benzene rings is 2. The quantitative estimate of drug-likeness (QED) is 0.192. The van der Waals surface area contributed by atoms with Gasteiger partial charge in [0.1, 0.15) is 11.8 Å². The number of aromatic nitrogens is 1. The van der Waals surface area contributed by atoms with Crippen LogP contribution in [0.15, 0.2) is 66.9 Å². The van der Waals surface area contributed by atoms with Crippen LogP contribution in [0, 0.1) is 29.1 Å². The number of nitrogens with two attached hydrogens (primary N) is 1. The molecule has 3 aromatic rings. The summed E-state index contributed by atoms with van der Waals surface area (Å²) in [4.78, 5) is 40.8. The summed E-state index contributed by atoms with van der Waals surface area (Å²) in [5.74, 6) is 1.32. The summed E-state index contributed by atoms with van der Waals surface area (Å²) in [6.07, 6.45) is 3.21. The van der Waals surface area contributed by atoms with Gasteiger partial charge in [0.25, 0.3) is 5.91 Å². The molecule has 1 aromatic heterocycles. The SMILES string of the molecule is COc1c(CN2O[C@@H](CN)[C@@H]([C@H](C)O)[C@H]2C(=O)N[C@H]2C[C@@H]3C[C@H]([C@@H]2C)C3(C)C)cccc1-c1cccc(C(=O)N[C@@H](Cc2ccccn2)CN(C)C)c1. The first-order valence-corrected chi connectivity index (χ1v) is 19.1. The molecule has 1 aliphatic heterocycles. The largest absolute Gasteiger partial charge is 0.496 e. The maximum atomic E-state index is 14.2. The van der Waals surface area contributed by atoms with E-state index >= 15 is 0 Å². The number of methoxy groups -OCH3 is 1. The number of hydroxylamine groups is 2. The number of carbonyl (C=O) groups is 2. The summed E-state index contributed by atoms with van der Waals surface area (Å²) in [5.41, 5.74) is 10.3. The van der Waals surface area contributed by atoms with Gasteiger partial charge in [0.2, 0.25) is 5.91 Å². The molecule has 3 aliphatic carbocycles. The fourth-order valence-corrected chi connectivity index (χ4v) is 9.35. The molecule has 4 fully saturated rings. The van der Waals surface area contributed by atoms with Crippen molar-refractivity contribution in [2.75, 3.05) is 34.3 Å². The zero-order valence-electron chi connectivity index (χ0n) is 32.3. The average Bonchev–Trinajstić information content (AvgIpc) is 3.51. The van der Waals surface area contributed by atoms with Crippen LogP contribution in [-0.4, -0.2) is 96.5 Å². The number of hydrogen-bond acceptors (Lipinski definition) is 9. The Morgan fingerprint density at radius 2 is 1.91 bits per heavy atom. The maximum Gasteiger partial charge on any atom is 0.251 e. The standard InChI is InChI=1S/C42H58N6O5/c1-25-34-19-30(42(34,3)4)20-35(25)46-41(51)38-37(26(2)49)36(22-43)53-48(38)23-29-14-11-16-33(39(29)52-7)27-12-10-13-28(18-27)40(50)45-32(24-47(5)6)21-31-15-8-9-17-44-31/h8-18,25-26,30,32,34-38,49H,19-24,43H2,1-7H3,(H,45,50)(H,46,51)/t25-,26-,30-,32-,34+,35-,36-,37+,38-/m0/s1. The van der Waals surface area contributed by atoms with Gasteiger partial charge in [-0.3, -0.25) is 19.4 Å². The summed E-state index contributed by atoms with van der Waals surface area (Å²) in [7, 11) is 5.59. The van der Waals surface area contributed by atoms with Crippen LogP contribution in [0.3, 0.4) is 0 Å². The fourth-order valence-electron chi connectivity index (χ4n) is 9.35. The van der Waals surface area contributed by atoms with E-state index in [-0.39, 0.29) is 37.0 Å². The van der Waals surface area contributed by atoms with Gasteiger partial charge in [-0.05, 0) is 86.9 Å². The van der Waals surface area contributed by atoms with Crippen LogP contribution >= 0.6 is 0 Å². The Labute approximate surface area is 314 Å². The molecular formula is C42H58N6O5. The van der Waals surface area contributed by atoms with Crippen molar-refractivity contribution in [1.29, 1.82) is 0 Å². The Morgan fingerprint density at radius 3 is 2.55 bits per heavy atom. The van der Waals surface area contributed by atoms with Gasteiger partial charge in [-0.15, -0.1) is 0 Å². The number of aliphatic hydroxyl groups excluding tert-OH is 1. The molecule has 4 aliphatic rings. The van der Waals surface area contributed by atoms with E-state index in [1.165, 1.54) is 6.42 Å². The highest BCUT2D eigenvalue weighted by molar-refractivity contribution is 5.96. The van der Waals surface area contributed by atoms with Crippen LogP contribution in [0.4, 0.5) is 0 Å². The molecule has 0 radical (unpaired) electrons. The first kappa shape index (κ1) is 38.8. The van der Waals surface area contributed by atoms with Crippen molar-refractivity contribution in [3.8, 4) is 16.9 Å². The van der Waals surface area contributed by atoms with Crippen molar-refractivity contribution in [3.63, 3.8) is 0 Å². The van der Waals surface area contributed by atoms with Crippen molar-refractivity contribution in [2.45, 2.75) is 83.8 Å². The van der Waals surface area contributed by atoms with Crippen LogP contribution < -0.4 is 21.1 Å². The first-order valence-electron chi connectivity index (χ1n) is 19.1. The highest BCUT2D eigenvalue weighted by atomic mass is 16.7. The summed E-state index contributed by atoms with van der Waals surface area (Å²) in [6.45, 7) is 9.71. The van der Waals surface area contributed by atoms with Gasteiger partial charge in [-0.2, -0.15) is 5.06 Å². The lowest BCUT2D eigenvalue weighted by molar-refractivity contribution is -0.175. The van der Waals surface area contributed by atoms with Gasteiger partial charge in [0, 0.05) is 66.1 Å². The zero-order valence-corrected chi connectivity index (χ0v) is 32.3. The molecule has 1 saturated heterocycles. The number of aliphatic hydroxyl groups is 1. The van der Waals surface area contributed by atoms with Gasteiger partial charge < -0.3 is 31.1 Å². The number of nitrogens with one attached hydrogen (secondary N) is 2. The number of para-hydroxylation sites is 1. The molecule has 2 amide bonds. The van der Waals surface area contributed by atoms with Crippen molar-refractivity contribution < 1.29 is 24.3 Å². The van der Waals surface area contributed by atoms with E-state index in [1.54, 1.807) is 25.3 Å². The third-order valence-corrected chi connectivity index (χ3v) is 12.3. The smallest absolute Gasteiger partial charge is 0.251 e. The van der Waals surface area contributed by atoms with Crippen LogP contribution in [0.1, 0.15) is 62.2 Å². The number of carbonyl (C=O) groups excluding carboxylic acids is 2. The number of likely N-dealkylation sites (N-methyl/N-ethyl adjacent to an activating group) is 1. The molecule has 0 spiro atoms. The van der Waals surface area contributed by atoms with Gasteiger partial charge >= 0.3 is 0 Å². The lowest BCUT2D eigenvalue weighted by Crippen LogP contribution is -2.62. The van der Waals surface area contributed by atoms with Crippen LogP contribution in [0.25, 0.3) is 11.1 Å². The van der Waals surface area contributed by atoms with Crippen molar-refractivity contribution in [1.82, 2.24) is 25.6 Å². The summed E-state index contributed by atoms with van der Waals surface area (Å²) < 4.78 is 6.04. The highest BCUT2D eigenvalue weighted by Gasteiger charge is 2.57. The van der Waals surface area contributed by atoms with E-state index in [0.717, 1.165) is 28.8 Å². The average molecular weight is 727 g/mol. The number of amides is 2. The minimum absolute atomic E-state index is 0.0724. The van der Waals surface area contributed by atoms with Crippen LogP contribution in [0.5, 0.6) is 5.75 Å². The molecule has 7 rings (SSSR count). The molecule has 286 valence electrons. The predicted molar refractivity (Wildman–Crippen MR) is 206 cm³/mol. The van der Waals surface area contributed by atoms with Crippen molar-refractivity contribution in [3.05, 3.63) is 83.7 Å². The second-order valence-electron chi connectivity index (χ2n) is 16.3. The molecule has 2 heterocycles. The van der Waals surface area contributed by atoms with E-state index in [2.05, 4.69) is 41.3 Å². The molecule has 2 bridgehead atoms. The van der Waals surface area contributed by atoms with E-state index in [9.17, 15) is 14.7 Å². The Hall–Kier alpha value is -3.87. The van der Waals surface area contributed by atoms with Crippen LogP contribution in [0.2, 0.25) is 0 Å². The normalized spacial score (nSPS) is 27.5. The monoisotopic (exact) mass is 726 g/mol. The Balaban J connectivity index is 1.23. The van der Waals surface area contributed by atoms with Crippen molar-refractivity contribution >= 4 is 11.8 Å². The van der Waals surface area contributed by atoms with E-state index in [1.807, 2.05) is 74.8 Å². The van der Waals surface area contributed by atoms with E-state index < -0.39 is 24.2 Å². The van der Waals surface area contributed by atoms with E-state index in [0.29, 0.717) is 47.4 Å². The second-order valence-corrected chi connectivity index (χ2v) is 16.3. The molecule has 0 unspecified atom stereocenters. The third kappa shape index (κ3) is 8.15. The minimum Gasteiger partial charge on any atom is -0.496 e. The summed E-state index contributed by atoms with van der Waals surface area (Å²) >= 11 is 0. The van der Waals surface area contributed by atoms with E-state index in [4.69, 9.17) is 15.3 Å². The van der Waals surface area contributed by atoms with Gasteiger partial charge in [-0.1, -0.05) is 57.2 Å². The van der Waals surface area contributed by atoms with Crippen LogP contribution in [-0.2, 0) is 22.6 Å². The number of nitrogens with zero attached hydrogens (tertiary/aromatic N) is 3. The molecule has 11 heteroatoms. The number of rotatable bonds is 14. The number of fused-ring (bicyclic) bond motifs is 2. The molecule has 5 N–H and O–H groups in total. The summed E-state index contributed by atoms with van der Waals surface area (Å²) in [6, 6.07) is 18.4. The maximum absolute atomic E-state index is 14.2. The minimum atomic E-state index is -0.816. The molecule has 3 saturated carbocycles. The zero-order chi connectivity index (χ0) is 38.0. The van der Waals surface area contributed by atoms with Crippen molar-refractivity contribution in [2.24, 2.45) is 34.8 Å². The fraction of sp³-hybridized carbons (Fsp3) is 0.548. The predicted octanol–water partition coefficient (Wildman–Crippen LogP) is 4.29. The highest BCUT2D eigenvalue weighted by Crippen LogP contribution is 2.61. The lowest BCUT2D eigenvalue weighted by atomic mass is 9.45. The molecular weight excluding hydrogens is 668 g/mol. The number of pyridine rings is 1. The molecule has 53 heavy (non-hydrogen) atoms. The lowest BCUT2D eigenvalue weighted by Gasteiger charge is -2.62. The Kier molecular flexibility index (Phi) is 11.9.